The van der Waals surface area contributed by atoms with E-state index in [-0.39, 0.29) is 33.0 Å². The average Bonchev–Trinajstić information content (AvgIpc) is 2.60. The van der Waals surface area contributed by atoms with Crippen LogP contribution in [0.15, 0.2) is 17.3 Å². The van der Waals surface area contributed by atoms with Crippen molar-refractivity contribution in [3.8, 4) is 11.5 Å². The number of ether oxygens (including phenoxy) is 3. The number of halogens is 2. The van der Waals surface area contributed by atoms with E-state index < -0.39 is 18.0 Å². The van der Waals surface area contributed by atoms with Crippen LogP contribution in [0.2, 0.25) is 10.0 Å². The van der Waals surface area contributed by atoms with Crippen LogP contribution in [0.1, 0.15) is 25.5 Å². The number of urea groups is 1. The Hall–Kier alpha value is -2.12. The molecule has 0 fully saturated rings. The smallest absolute Gasteiger partial charge is 0.337 e. The van der Waals surface area contributed by atoms with Gasteiger partial charge in [0.15, 0.2) is 5.75 Å². The Labute approximate surface area is 161 Å². The molecule has 1 aromatic carbocycles. The van der Waals surface area contributed by atoms with Gasteiger partial charge in [0.05, 0.1) is 38.0 Å². The van der Waals surface area contributed by atoms with E-state index in [9.17, 15) is 9.59 Å². The van der Waals surface area contributed by atoms with Crippen molar-refractivity contribution in [2.45, 2.75) is 19.9 Å². The van der Waals surface area contributed by atoms with Gasteiger partial charge in [-0.1, -0.05) is 37.0 Å². The van der Waals surface area contributed by atoms with Crippen LogP contribution in [0, 0.1) is 5.92 Å². The molecule has 0 aromatic heterocycles. The van der Waals surface area contributed by atoms with Crippen LogP contribution in [-0.4, -0.2) is 33.3 Å². The van der Waals surface area contributed by atoms with Crippen LogP contribution in [0.3, 0.4) is 0 Å². The lowest BCUT2D eigenvalue weighted by Crippen LogP contribution is -2.47. The molecule has 1 unspecified atom stereocenters. The highest BCUT2D eigenvalue weighted by molar-refractivity contribution is 6.38. The van der Waals surface area contributed by atoms with E-state index in [1.807, 2.05) is 13.8 Å². The number of esters is 1. The first-order chi connectivity index (χ1) is 12.3. The number of carbonyl (C=O) groups excluding carboxylic acids is 2. The van der Waals surface area contributed by atoms with Crippen LogP contribution in [0.5, 0.6) is 11.5 Å². The van der Waals surface area contributed by atoms with E-state index in [1.54, 1.807) is 6.07 Å². The third-order valence-electron chi connectivity index (χ3n) is 3.96. The molecule has 2 rings (SSSR count). The van der Waals surface area contributed by atoms with Gasteiger partial charge in [-0.15, -0.1) is 0 Å². The minimum atomic E-state index is -0.857. The number of amides is 2. The number of hydrogen-bond donors (Lipinski definition) is 2. The maximum Gasteiger partial charge on any atom is 0.337 e. The minimum Gasteiger partial charge on any atom is -0.495 e. The third kappa shape index (κ3) is 3.54. The van der Waals surface area contributed by atoms with Crippen molar-refractivity contribution in [1.29, 1.82) is 0 Å². The Kier molecular flexibility index (Phi) is 6.26. The molecule has 0 saturated carbocycles. The average molecular weight is 403 g/mol. The van der Waals surface area contributed by atoms with Gasteiger partial charge in [-0.05, 0) is 12.0 Å². The van der Waals surface area contributed by atoms with Gasteiger partial charge >= 0.3 is 12.0 Å². The molecule has 0 spiro atoms. The third-order valence-corrected chi connectivity index (χ3v) is 4.59. The second-order valence-corrected chi connectivity index (χ2v) is 6.62. The second kappa shape index (κ2) is 8.05. The van der Waals surface area contributed by atoms with Crippen molar-refractivity contribution in [3.05, 3.63) is 32.9 Å². The quantitative estimate of drug-likeness (QED) is 0.736. The second-order valence-electron chi connectivity index (χ2n) is 5.83. The molecular weight excluding hydrogens is 383 g/mol. The summed E-state index contributed by atoms with van der Waals surface area (Å²) in [5.74, 6) is -0.240. The van der Waals surface area contributed by atoms with E-state index in [4.69, 9.17) is 37.4 Å². The minimum absolute atomic E-state index is 0.132. The summed E-state index contributed by atoms with van der Waals surface area (Å²) in [5, 5.41) is 5.73. The number of methoxy groups -OCH3 is 3. The fourth-order valence-corrected chi connectivity index (χ4v) is 3.52. The lowest BCUT2D eigenvalue weighted by atomic mass is 9.91. The van der Waals surface area contributed by atoms with Crippen molar-refractivity contribution in [2.24, 2.45) is 5.92 Å². The van der Waals surface area contributed by atoms with E-state index in [0.717, 1.165) is 0 Å². The number of hydrogen-bond acceptors (Lipinski definition) is 5. The molecule has 1 aliphatic rings. The molecule has 0 bridgehead atoms. The molecule has 1 aliphatic heterocycles. The molecule has 2 amide bonds. The fraction of sp³-hybridized carbons (Fsp3) is 0.412. The van der Waals surface area contributed by atoms with Crippen LogP contribution in [0.4, 0.5) is 4.79 Å². The zero-order valence-corrected chi connectivity index (χ0v) is 16.5. The molecule has 7 nitrogen and oxygen atoms in total. The summed E-state index contributed by atoms with van der Waals surface area (Å²) >= 11 is 12.6. The molecule has 1 aromatic rings. The largest absolute Gasteiger partial charge is 0.495 e. The predicted molar refractivity (Wildman–Crippen MR) is 97.9 cm³/mol. The van der Waals surface area contributed by atoms with E-state index >= 15 is 0 Å². The molecule has 1 atom stereocenters. The summed E-state index contributed by atoms with van der Waals surface area (Å²) in [5.41, 5.74) is 1.12. The van der Waals surface area contributed by atoms with Crippen molar-refractivity contribution in [2.75, 3.05) is 21.3 Å². The summed E-state index contributed by atoms with van der Waals surface area (Å²) in [6.45, 7) is 3.71. The highest BCUT2D eigenvalue weighted by atomic mass is 35.5. The van der Waals surface area contributed by atoms with Crippen molar-refractivity contribution < 1.29 is 23.8 Å². The molecule has 0 aliphatic carbocycles. The van der Waals surface area contributed by atoms with Gasteiger partial charge in [0, 0.05) is 11.3 Å². The maximum atomic E-state index is 12.5. The summed E-state index contributed by atoms with van der Waals surface area (Å²) < 4.78 is 15.5. The van der Waals surface area contributed by atoms with Gasteiger partial charge in [-0.3, -0.25) is 0 Å². The number of benzene rings is 1. The Morgan fingerprint density at radius 2 is 1.77 bits per heavy atom. The lowest BCUT2D eigenvalue weighted by Gasteiger charge is -2.31. The van der Waals surface area contributed by atoms with Gasteiger partial charge in [0.2, 0.25) is 0 Å². The number of carbonyl (C=O) groups is 2. The van der Waals surface area contributed by atoms with Crippen molar-refractivity contribution >= 4 is 35.2 Å². The summed E-state index contributed by atoms with van der Waals surface area (Å²) in [7, 11) is 4.12. The highest BCUT2D eigenvalue weighted by Crippen LogP contribution is 2.46. The molecule has 1 heterocycles. The van der Waals surface area contributed by atoms with Gasteiger partial charge in [0.25, 0.3) is 0 Å². The first kappa shape index (κ1) is 20.2. The maximum absolute atomic E-state index is 12.5. The summed E-state index contributed by atoms with van der Waals surface area (Å²) in [4.78, 5) is 24.6. The number of rotatable bonds is 5. The molecule has 0 saturated heterocycles. The number of nitrogens with one attached hydrogen (secondary N) is 2. The van der Waals surface area contributed by atoms with Crippen LogP contribution in [0.25, 0.3) is 0 Å². The Morgan fingerprint density at radius 3 is 2.27 bits per heavy atom. The van der Waals surface area contributed by atoms with Gasteiger partial charge in [0.1, 0.15) is 10.8 Å². The Bertz CT molecular complexity index is 777. The monoisotopic (exact) mass is 402 g/mol. The summed E-state index contributed by atoms with van der Waals surface area (Å²) in [6.07, 6.45) is 0. The molecule has 2 N–H and O–H groups in total. The molecule has 142 valence electrons. The van der Waals surface area contributed by atoms with Gasteiger partial charge in [-0.25, -0.2) is 9.59 Å². The first-order valence-electron chi connectivity index (χ1n) is 7.76. The zero-order valence-electron chi connectivity index (χ0n) is 15.0. The highest BCUT2D eigenvalue weighted by Gasteiger charge is 2.37. The SMILES string of the molecule is COC(=O)C1=C(C(C)C)NC(=O)NC1c1cc(Cl)c(OC)c(Cl)c1OC. The first-order valence-corrected chi connectivity index (χ1v) is 8.52. The lowest BCUT2D eigenvalue weighted by molar-refractivity contribution is -0.136. The molecule has 9 heteroatoms. The topological polar surface area (TPSA) is 85.9 Å². The van der Waals surface area contributed by atoms with Crippen molar-refractivity contribution in [1.82, 2.24) is 10.6 Å². The zero-order chi connectivity index (χ0) is 19.6. The normalized spacial score (nSPS) is 16.9. The van der Waals surface area contributed by atoms with Gasteiger partial charge < -0.3 is 24.8 Å². The summed E-state index contributed by atoms with van der Waals surface area (Å²) in [6, 6.07) is 0.225. The van der Waals surface area contributed by atoms with Crippen LogP contribution >= 0.6 is 23.2 Å². The van der Waals surface area contributed by atoms with Crippen LogP contribution < -0.4 is 20.1 Å². The Balaban J connectivity index is 2.77. The Morgan fingerprint density at radius 1 is 1.15 bits per heavy atom. The molecule has 26 heavy (non-hydrogen) atoms. The molecular formula is C17H20Cl2N2O5. The van der Waals surface area contributed by atoms with Crippen molar-refractivity contribution in [3.63, 3.8) is 0 Å². The standard InChI is InChI=1S/C17H20Cl2N2O5/c1-7(2)12-10(16(22)26-5)13(21-17(23)20-12)8-6-9(18)15(25-4)11(19)14(8)24-3/h6-7,13H,1-5H3,(H2,20,21,23). The molecule has 0 radical (unpaired) electrons. The fourth-order valence-electron chi connectivity index (χ4n) is 2.82. The van der Waals surface area contributed by atoms with E-state index in [0.29, 0.717) is 11.3 Å². The van der Waals surface area contributed by atoms with E-state index in [2.05, 4.69) is 10.6 Å². The predicted octanol–water partition coefficient (Wildman–Crippen LogP) is 3.45. The van der Waals surface area contributed by atoms with Gasteiger partial charge in [-0.2, -0.15) is 0 Å². The number of allylic oxidation sites excluding steroid dienone is 1. The van der Waals surface area contributed by atoms with Crippen LogP contribution in [-0.2, 0) is 9.53 Å². The van der Waals surface area contributed by atoms with E-state index in [1.165, 1.54) is 21.3 Å².